The zero-order chi connectivity index (χ0) is 10.5. The van der Waals surface area contributed by atoms with Gasteiger partial charge in [0.1, 0.15) is 0 Å². The number of ketones is 1. The maximum absolute atomic E-state index is 11.7. The standard InChI is InChI=1S/C11H19NO/c1-6-7-8-9-10(13)11(2,3)12(4)5/h8-9H2,1-5H3. The minimum absolute atomic E-state index is 0.250. The molecule has 0 aliphatic carbocycles. The minimum atomic E-state index is -0.366. The predicted molar refractivity (Wildman–Crippen MR) is 55.5 cm³/mol. The van der Waals surface area contributed by atoms with E-state index in [1.807, 2.05) is 32.8 Å². The van der Waals surface area contributed by atoms with Gasteiger partial charge < -0.3 is 0 Å². The molecule has 0 aliphatic heterocycles. The summed E-state index contributed by atoms with van der Waals surface area (Å²) in [5, 5.41) is 0. The maximum atomic E-state index is 11.7. The van der Waals surface area contributed by atoms with Gasteiger partial charge in [0.25, 0.3) is 0 Å². The highest BCUT2D eigenvalue weighted by Gasteiger charge is 2.28. The van der Waals surface area contributed by atoms with Crippen LogP contribution in [0.2, 0.25) is 0 Å². The van der Waals surface area contributed by atoms with Crippen molar-refractivity contribution in [2.45, 2.75) is 39.2 Å². The summed E-state index contributed by atoms with van der Waals surface area (Å²) >= 11 is 0. The van der Waals surface area contributed by atoms with Gasteiger partial charge in [-0.2, -0.15) is 0 Å². The quantitative estimate of drug-likeness (QED) is 0.615. The van der Waals surface area contributed by atoms with E-state index in [-0.39, 0.29) is 11.3 Å². The highest BCUT2D eigenvalue weighted by Crippen LogP contribution is 2.14. The van der Waals surface area contributed by atoms with Crippen molar-refractivity contribution < 1.29 is 4.79 Å². The molecule has 0 rings (SSSR count). The summed E-state index contributed by atoms with van der Waals surface area (Å²) in [7, 11) is 3.84. The minimum Gasteiger partial charge on any atom is -0.298 e. The second-order valence-electron chi connectivity index (χ2n) is 3.80. The van der Waals surface area contributed by atoms with Crippen molar-refractivity contribution in [3.05, 3.63) is 0 Å². The summed E-state index contributed by atoms with van der Waals surface area (Å²) in [6, 6.07) is 0. The van der Waals surface area contributed by atoms with E-state index < -0.39 is 0 Å². The van der Waals surface area contributed by atoms with Gasteiger partial charge in [-0.25, -0.2) is 0 Å². The van der Waals surface area contributed by atoms with E-state index >= 15 is 0 Å². The number of nitrogens with zero attached hydrogens (tertiary/aromatic N) is 1. The van der Waals surface area contributed by atoms with Crippen LogP contribution in [0.1, 0.15) is 33.6 Å². The van der Waals surface area contributed by atoms with E-state index in [1.165, 1.54) is 0 Å². The summed E-state index contributed by atoms with van der Waals surface area (Å²) in [6.07, 6.45) is 1.22. The number of carbonyl (C=O) groups excluding carboxylic acids is 1. The van der Waals surface area contributed by atoms with Gasteiger partial charge >= 0.3 is 0 Å². The molecule has 2 nitrogen and oxygen atoms in total. The molecule has 0 fully saturated rings. The molecular weight excluding hydrogens is 162 g/mol. The number of rotatable bonds is 4. The molecule has 0 aromatic rings. The third-order valence-corrected chi connectivity index (χ3v) is 2.45. The van der Waals surface area contributed by atoms with Gasteiger partial charge in [0.05, 0.1) is 5.54 Å². The molecule has 0 saturated heterocycles. The van der Waals surface area contributed by atoms with E-state index in [4.69, 9.17) is 0 Å². The first-order chi connectivity index (χ1) is 5.92. The highest BCUT2D eigenvalue weighted by atomic mass is 16.1. The lowest BCUT2D eigenvalue weighted by Crippen LogP contribution is -2.45. The SMILES string of the molecule is CC#CCCC(=O)C(C)(C)N(C)C. The van der Waals surface area contributed by atoms with Crippen molar-refractivity contribution in [2.24, 2.45) is 0 Å². The molecule has 2 heteroatoms. The van der Waals surface area contributed by atoms with Crippen LogP contribution in [0.3, 0.4) is 0 Å². The zero-order valence-corrected chi connectivity index (χ0v) is 9.27. The third kappa shape index (κ3) is 3.61. The average Bonchev–Trinajstić information content (AvgIpc) is 2.04. The second kappa shape index (κ2) is 5.04. The monoisotopic (exact) mass is 181 g/mol. The van der Waals surface area contributed by atoms with Gasteiger partial charge in [0.15, 0.2) is 5.78 Å². The molecule has 0 unspecified atom stereocenters. The van der Waals surface area contributed by atoms with E-state index in [2.05, 4.69) is 11.8 Å². The molecule has 13 heavy (non-hydrogen) atoms. The van der Waals surface area contributed by atoms with Crippen LogP contribution in [-0.4, -0.2) is 30.3 Å². The fraction of sp³-hybridized carbons (Fsp3) is 0.727. The van der Waals surface area contributed by atoms with Crippen LogP contribution in [-0.2, 0) is 4.79 Å². The normalized spacial score (nSPS) is 10.9. The van der Waals surface area contributed by atoms with Crippen LogP contribution < -0.4 is 0 Å². The van der Waals surface area contributed by atoms with Crippen LogP contribution in [0.4, 0.5) is 0 Å². The van der Waals surface area contributed by atoms with Crippen LogP contribution >= 0.6 is 0 Å². The Kier molecular flexibility index (Phi) is 4.72. The first-order valence-electron chi connectivity index (χ1n) is 4.53. The van der Waals surface area contributed by atoms with Crippen molar-refractivity contribution in [1.82, 2.24) is 4.90 Å². The molecule has 0 radical (unpaired) electrons. The third-order valence-electron chi connectivity index (χ3n) is 2.45. The molecule has 0 aliphatic rings. The second-order valence-corrected chi connectivity index (χ2v) is 3.80. The van der Waals surface area contributed by atoms with Crippen LogP contribution in [0.25, 0.3) is 0 Å². The van der Waals surface area contributed by atoms with Crippen molar-refractivity contribution in [1.29, 1.82) is 0 Å². The Hall–Kier alpha value is -0.810. The topological polar surface area (TPSA) is 20.3 Å². The van der Waals surface area contributed by atoms with Crippen LogP contribution in [0.15, 0.2) is 0 Å². The van der Waals surface area contributed by atoms with Gasteiger partial charge in [0, 0.05) is 12.8 Å². The Morgan fingerprint density at radius 3 is 2.31 bits per heavy atom. The summed E-state index contributed by atoms with van der Waals surface area (Å²) < 4.78 is 0. The average molecular weight is 181 g/mol. The molecule has 0 heterocycles. The Bertz CT molecular complexity index is 230. The summed E-state index contributed by atoms with van der Waals surface area (Å²) in [4.78, 5) is 13.6. The van der Waals surface area contributed by atoms with E-state index in [9.17, 15) is 4.79 Å². The lowest BCUT2D eigenvalue weighted by Gasteiger charge is -2.30. The molecule has 0 aromatic heterocycles. The van der Waals surface area contributed by atoms with Gasteiger partial charge in [0.2, 0.25) is 0 Å². The molecular formula is C11H19NO. The number of likely N-dealkylation sites (N-methyl/N-ethyl adjacent to an activating group) is 1. The first-order valence-corrected chi connectivity index (χ1v) is 4.53. The Labute approximate surface area is 81.3 Å². The van der Waals surface area contributed by atoms with Gasteiger partial charge in [-0.1, -0.05) is 0 Å². The zero-order valence-electron chi connectivity index (χ0n) is 9.27. The smallest absolute Gasteiger partial charge is 0.153 e. The van der Waals surface area contributed by atoms with E-state index in [0.717, 1.165) is 0 Å². The number of Topliss-reactive ketones (excluding diaryl/α,β-unsaturated/α-hetero) is 1. The Morgan fingerprint density at radius 1 is 1.38 bits per heavy atom. The highest BCUT2D eigenvalue weighted by molar-refractivity contribution is 5.87. The van der Waals surface area contributed by atoms with Crippen molar-refractivity contribution in [3.8, 4) is 11.8 Å². The van der Waals surface area contributed by atoms with Gasteiger partial charge in [-0.15, -0.1) is 11.8 Å². The molecule has 0 N–H and O–H groups in total. The summed E-state index contributed by atoms with van der Waals surface area (Å²) in [6.45, 7) is 5.67. The fourth-order valence-electron chi connectivity index (χ4n) is 0.856. The summed E-state index contributed by atoms with van der Waals surface area (Å²) in [5.41, 5.74) is -0.366. The maximum Gasteiger partial charge on any atom is 0.153 e. The lowest BCUT2D eigenvalue weighted by atomic mass is 9.94. The van der Waals surface area contributed by atoms with Gasteiger partial charge in [-0.05, 0) is 34.9 Å². The molecule has 0 atom stereocenters. The number of hydrogen-bond acceptors (Lipinski definition) is 2. The van der Waals surface area contributed by atoms with Crippen LogP contribution in [0.5, 0.6) is 0 Å². The fourth-order valence-corrected chi connectivity index (χ4v) is 0.856. The molecule has 74 valence electrons. The number of carbonyl (C=O) groups is 1. The van der Waals surface area contributed by atoms with Crippen molar-refractivity contribution in [3.63, 3.8) is 0 Å². The van der Waals surface area contributed by atoms with Crippen LogP contribution in [0, 0.1) is 11.8 Å². The number of hydrogen-bond donors (Lipinski definition) is 0. The largest absolute Gasteiger partial charge is 0.298 e. The summed E-state index contributed by atoms with van der Waals surface area (Å²) in [5.74, 6) is 5.94. The first kappa shape index (κ1) is 12.2. The predicted octanol–water partition coefficient (Wildman–Crippen LogP) is 1.70. The van der Waals surface area contributed by atoms with E-state index in [0.29, 0.717) is 12.8 Å². The molecule has 0 saturated carbocycles. The molecule has 0 spiro atoms. The van der Waals surface area contributed by atoms with E-state index in [1.54, 1.807) is 6.92 Å². The van der Waals surface area contributed by atoms with Gasteiger partial charge in [-0.3, -0.25) is 9.69 Å². The lowest BCUT2D eigenvalue weighted by molar-refractivity contribution is -0.127. The van der Waals surface area contributed by atoms with Crippen molar-refractivity contribution in [2.75, 3.05) is 14.1 Å². The molecule has 0 bridgehead atoms. The molecule has 0 aromatic carbocycles. The Balaban J connectivity index is 4.15. The van der Waals surface area contributed by atoms with Crippen molar-refractivity contribution >= 4 is 5.78 Å². The molecule has 0 amide bonds. The Morgan fingerprint density at radius 2 is 1.92 bits per heavy atom.